The molecule has 1 heterocycles. The first-order chi connectivity index (χ1) is 10.5. The Labute approximate surface area is 137 Å². The number of hydrogen-bond acceptors (Lipinski definition) is 4. The van der Waals surface area contributed by atoms with Gasteiger partial charge in [-0.2, -0.15) is 10.2 Å². The predicted molar refractivity (Wildman–Crippen MR) is 90.0 cm³/mol. The van der Waals surface area contributed by atoms with Crippen molar-refractivity contribution in [3.63, 3.8) is 0 Å². The molecule has 0 fully saturated rings. The number of nitriles is 1. The number of nitrogens with zero attached hydrogens (tertiary/aromatic N) is 4. The molecule has 0 amide bonds. The second-order valence-electron chi connectivity index (χ2n) is 5.46. The summed E-state index contributed by atoms with van der Waals surface area (Å²) in [6.07, 6.45) is 3.66. The molecular weight excluding hydrogens is 300 g/mol. The van der Waals surface area contributed by atoms with Crippen molar-refractivity contribution in [3.05, 3.63) is 16.8 Å². The van der Waals surface area contributed by atoms with Crippen LogP contribution in [-0.4, -0.2) is 36.4 Å². The second kappa shape index (κ2) is 9.26. The van der Waals surface area contributed by atoms with E-state index >= 15 is 0 Å². The first kappa shape index (κ1) is 18.2. The highest BCUT2D eigenvalue weighted by molar-refractivity contribution is 6.32. The summed E-state index contributed by atoms with van der Waals surface area (Å²) < 4.78 is 5.57. The van der Waals surface area contributed by atoms with Crippen LogP contribution in [0.3, 0.4) is 0 Å². The lowest BCUT2D eigenvalue weighted by atomic mass is 10.1. The topological polar surface area (TPSA) is 61.5 Å². The standard InChI is InChI=1S/C16H23ClN4O/c1-5-21(4)11-19-14-9-13(17)16(20-15(14)10-18)22-8-6-7-12(2)3/h9,11-12H,5-8H2,1-4H3. The Morgan fingerprint density at radius 3 is 2.86 bits per heavy atom. The van der Waals surface area contributed by atoms with E-state index in [9.17, 15) is 5.26 Å². The number of pyridine rings is 1. The van der Waals surface area contributed by atoms with Crippen LogP contribution in [-0.2, 0) is 0 Å². The molecular formula is C16H23ClN4O. The lowest BCUT2D eigenvalue weighted by Crippen LogP contribution is -2.14. The van der Waals surface area contributed by atoms with Crippen LogP contribution in [0.2, 0.25) is 5.02 Å². The molecule has 1 aromatic heterocycles. The summed E-state index contributed by atoms with van der Waals surface area (Å²) in [6, 6.07) is 3.65. The first-order valence-electron chi connectivity index (χ1n) is 7.45. The van der Waals surface area contributed by atoms with Crippen molar-refractivity contribution in [2.75, 3.05) is 20.2 Å². The van der Waals surface area contributed by atoms with Crippen LogP contribution in [0.4, 0.5) is 5.69 Å². The van der Waals surface area contributed by atoms with Crippen molar-refractivity contribution in [2.24, 2.45) is 10.9 Å². The average Bonchev–Trinajstić information content (AvgIpc) is 2.50. The third-order valence-corrected chi connectivity index (χ3v) is 3.36. The van der Waals surface area contributed by atoms with Crippen molar-refractivity contribution in [1.82, 2.24) is 9.88 Å². The summed E-state index contributed by atoms with van der Waals surface area (Å²) in [5, 5.41) is 9.57. The zero-order valence-electron chi connectivity index (χ0n) is 13.6. The van der Waals surface area contributed by atoms with Crippen LogP contribution < -0.4 is 4.74 Å². The van der Waals surface area contributed by atoms with Crippen molar-refractivity contribution < 1.29 is 4.74 Å². The van der Waals surface area contributed by atoms with Gasteiger partial charge in [0.2, 0.25) is 5.88 Å². The van der Waals surface area contributed by atoms with Gasteiger partial charge in [-0.3, -0.25) is 0 Å². The summed E-state index contributed by atoms with van der Waals surface area (Å²) >= 11 is 6.16. The molecule has 0 aliphatic heterocycles. The van der Waals surface area contributed by atoms with E-state index in [2.05, 4.69) is 23.8 Å². The van der Waals surface area contributed by atoms with E-state index in [1.165, 1.54) is 0 Å². The van der Waals surface area contributed by atoms with Crippen LogP contribution in [0.25, 0.3) is 0 Å². The third kappa shape index (κ3) is 5.90. The number of rotatable bonds is 8. The molecule has 0 saturated carbocycles. The zero-order valence-corrected chi connectivity index (χ0v) is 14.4. The molecule has 0 spiro atoms. The number of aromatic nitrogens is 1. The quantitative estimate of drug-likeness (QED) is 0.412. The maximum atomic E-state index is 9.20. The van der Waals surface area contributed by atoms with E-state index in [1.807, 2.05) is 24.9 Å². The van der Waals surface area contributed by atoms with Crippen molar-refractivity contribution in [2.45, 2.75) is 33.6 Å². The molecule has 0 N–H and O–H groups in total. The largest absolute Gasteiger partial charge is 0.477 e. The van der Waals surface area contributed by atoms with Gasteiger partial charge in [-0.15, -0.1) is 0 Å². The molecule has 22 heavy (non-hydrogen) atoms. The van der Waals surface area contributed by atoms with Gasteiger partial charge in [-0.05, 0) is 31.7 Å². The van der Waals surface area contributed by atoms with Gasteiger partial charge in [0.05, 0.1) is 12.9 Å². The molecule has 0 saturated heterocycles. The minimum atomic E-state index is 0.212. The van der Waals surface area contributed by atoms with E-state index in [0.29, 0.717) is 29.1 Å². The molecule has 120 valence electrons. The van der Waals surface area contributed by atoms with Crippen LogP contribution in [0.1, 0.15) is 39.3 Å². The van der Waals surface area contributed by atoms with Gasteiger partial charge >= 0.3 is 0 Å². The smallest absolute Gasteiger partial charge is 0.234 e. The summed E-state index contributed by atoms with van der Waals surface area (Å²) in [5.41, 5.74) is 0.659. The summed E-state index contributed by atoms with van der Waals surface area (Å²) in [7, 11) is 1.90. The highest BCUT2D eigenvalue weighted by Crippen LogP contribution is 2.29. The van der Waals surface area contributed by atoms with Crippen molar-refractivity contribution >= 4 is 23.6 Å². The molecule has 0 aromatic carbocycles. The average molecular weight is 323 g/mol. The minimum Gasteiger partial charge on any atom is -0.477 e. The SMILES string of the molecule is CCN(C)C=Nc1cc(Cl)c(OCCCC(C)C)nc1C#N. The fourth-order valence-corrected chi connectivity index (χ4v) is 1.85. The third-order valence-electron chi connectivity index (χ3n) is 3.09. The van der Waals surface area contributed by atoms with Gasteiger partial charge in [0.25, 0.3) is 0 Å². The molecule has 5 nitrogen and oxygen atoms in total. The fourth-order valence-electron chi connectivity index (χ4n) is 1.65. The van der Waals surface area contributed by atoms with Gasteiger partial charge in [0, 0.05) is 13.6 Å². The number of hydrogen-bond donors (Lipinski definition) is 0. The molecule has 0 aliphatic carbocycles. The van der Waals surface area contributed by atoms with Gasteiger partial charge in [0.1, 0.15) is 16.8 Å². The lowest BCUT2D eigenvalue weighted by molar-refractivity contribution is 0.287. The summed E-state index contributed by atoms with van der Waals surface area (Å²) in [6.45, 7) is 7.70. The molecule has 1 aromatic rings. The van der Waals surface area contributed by atoms with E-state index in [1.54, 1.807) is 12.4 Å². The van der Waals surface area contributed by atoms with Crippen LogP contribution >= 0.6 is 11.6 Å². The number of aliphatic imine (C=N–C) groups is 1. The first-order valence-corrected chi connectivity index (χ1v) is 7.83. The van der Waals surface area contributed by atoms with E-state index in [-0.39, 0.29) is 5.69 Å². The molecule has 1 rings (SSSR count). The van der Waals surface area contributed by atoms with Crippen LogP contribution in [0.5, 0.6) is 5.88 Å². The number of halogens is 1. The van der Waals surface area contributed by atoms with Gasteiger partial charge < -0.3 is 9.64 Å². The highest BCUT2D eigenvalue weighted by Gasteiger charge is 2.11. The van der Waals surface area contributed by atoms with Gasteiger partial charge in [-0.25, -0.2) is 4.99 Å². The maximum Gasteiger partial charge on any atom is 0.234 e. The molecule has 0 unspecified atom stereocenters. The monoisotopic (exact) mass is 322 g/mol. The Kier molecular flexibility index (Phi) is 7.69. The molecule has 6 heteroatoms. The number of ether oxygens (including phenoxy) is 1. The van der Waals surface area contributed by atoms with E-state index < -0.39 is 0 Å². The zero-order chi connectivity index (χ0) is 16.5. The highest BCUT2D eigenvalue weighted by atomic mass is 35.5. The summed E-state index contributed by atoms with van der Waals surface area (Å²) in [5.74, 6) is 0.929. The Balaban J connectivity index is 2.82. The Morgan fingerprint density at radius 2 is 2.27 bits per heavy atom. The molecule has 0 atom stereocenters. The predicted octanol–water partition coefficient (Wildman–Crippen LogP) is 4.03. The Hall–Kier alpha value is -1.80. The summed E-state index contributed by atoms with van der Waals surface area (Å²) in [4.78, 5) is 10.3. The molecule has 0 bridgehead atoms. The minimum absolute atomic E-state index is 0.212. The second-order valence-corrected chi connectivity index (χ2v) is 5.86. The Bertz CT molecular complexity index is 552. The van der Waals surface area contributed by atoms with Gasteiger partial charge in [-0.1, -0.05) is 25.4 Å². The lowest BCUT2D eigenvalue weighted by Gasteiger charge is -2.10. The molecule has 0 radical (unpaired) electrons. The van der Waals surface area contributed by atoms with Crippen molar-refractivity contribution in [3.8, 4) is 11.9 Å². The van der Waals surface area contributed by atoms with E-state index in [4.69, 9.17) is 16.3 Å². The van der Waals surface area contributed by atoms with Crippen LogP contribution in [0, 0.1) is 17.2 Å². The fraction of sp³-hybridized carbons (Fsp3) is 0.562. The normalized spacial score (nSPS) is 11.0. The maximum absolute atomic E-state index is 9.20. The van der Waals surface area contributed by atoms with E-state index in [0.717, 1.165) is 19.4 Å². The Morgan fingerprint density at radius 1 is 1.55 bits per heavy atom. The van der Waals surface area contributed by atoms with Crippen molar-refractivity contribution in [1.29, 1.82) is 5.26 Å². The van der Waals surface area contributed by atoms with Crippen LogP contribution in [0.15, 0.2) is 11.1 Å². The molecule has 0 aliphatic rings. The van der Waals surface area contributed by atoms with Gasteiger partial charge in [0.15, 0.2) is 5.69 Å².